The Morgan fingerprint density at radius 2 is 1.84 bits per heavy atom. The maximum absolute atomic E-state index is 14.0. The molecule has 3 rings (SSSR count). The van der Waals surface area contributed by atoms with E-state index in [-0.39, 0.29) is 11.6 Å². The summed E-state index contributed by atoms with van der Waals surface area (Å²) in [7, 11) is 0. The highest BCUT2D eigenvalue weighted by atomic mass is 19.1. The number of nitrogens with zero attached hydrogens (tertiary/aromatic N) is 1. The Hall–Kier alpha value is -1.91. The molecule has 1 fully saturated rings. The lowest BCUT2D eigenvalue weighted by molar-refractivity contribution is 0.0374. The van der Waals surface area contributed by atoms with Crippen molar-refractivity contribution in [2.45, 2.75) is 26.7 Å². The molecule has 0 spiro atoms. The van der Waals surface area contributed by atoms with Gasteiger partial charge < -0.3 is 9.47 Å². The van der Waals surface area contributed by atoms with E-state index in [1.54, 1.807) is 18.2 Å². The monoisotopic (exact) mass is 343 g/mol. The summed E-state index contributed by atoms with van der Waals surface area (Å²) in [5, 5.41) is 0. The van der Waals surface area contributed by atoms with Crippen LogP contribution in [-0.2, 0) is 11.2 Å². The maximum Gasteiger partial charge on any atom is 0.165 e. The second kappa shape index (κ2) is 8.45. The molecule has 0 unspecified atom stereocenters. The van der Waals surface area contributed by atoms with E-state index in [0.717, 1.165) is 57.0 Å². The summed E-state index contributed by atoms with van der Waals surface area (Å²) in [6, 6.07) is 10.7. The van der Waals surface area contributed by atoms with Gasteiger partial charge in [0.15, 0.2) is 11.6 Å². The van der Waals surface area contributed by atoms with Crippen molar-refractivity contribution in [1.82, 2.24) is 4.90 Å². The quantitative estimate of drug-likeness (QED) is 0.771. The van der Waals surface area contributed by atoms with Crippen molar-refractivity contribution in [2.24, 2.45) is 0 Å². The van der Waals surface area contributed by atoms with Crippen molar-refractivity contribution < 1.29 is 13.9 Å². The van der Waals surface area contributed by atoms with Gasteiger partial charge in [0.25, 0.3) is 0 Å². The third-order valence-corrected chi connectivity index (χ3v) is 4.64. The predicted octanol–water partition coefficient (Wildman–Crippen LogP) is 4.50. The van der Waals surface area contributed by atoms with Crippen LogP contribution >= 0.6 is 0 Å². The summed E-state index contributed by atoms with van der Waals surface area (Å²) in [6.45, 7) is 8.85. The molecule has 2 aromatic carbocycles. The van der Waals surface area contributed by atoms with E-state index in [2.05, 4.69) is 17.9 Å². The fraction of sp³-hybridized carbons (Fsp3) is 0.429. The van der Waals surface area contributed by atoms with Crippen LogP contribution in [0.1, 0.15) is 23.1 Å². The Morgan fingerprint density at radius 1 is 1.08 bits per heavy atom. The third-order valence-electron chi connectivity index (χ3n) is 4.64. The molecule has 134 valence electrons. The topological polar surface area (TPSA) is 21.7 Å². The van der Waals surface area contributed by atoms with Crippen molar-refractivity contribution in [3.05, 3.63) is 58.9 Å². The smallest absolute Gasteiger partial charge is 0.165 e. The number of hydrogen-bond acceptors (Lipinski definition) is 3. The van der Waals surface area contributed by atoms with E-state index < -0.39 is 0 Å². The van der Waals surface area contributed by atoms with Crippen LogP contribution in [0, 0.1) is 19.7 Å². The minimum Gasteiger partial charge on any atom is -0.454 e. The second-order valence-electron chi connectivity index (χ2n) is 6.65. The largest absolute Gasteiger partial charge is 0.454 e. The normalized spacial score (nSPS) is 15.3. The fourth-order valence-corrected chi connectivity index (χ4v) is 3.32. The molecule has 1 saturated heterocycles. The number of rotatable bonds is 6. The van der Waals surface area contributed by atoms with Gasteiger partial charge >= 0.3 is 0 Å². The van der Waals surface area contributed by atoms with Gasteiger partial charge in [-0.3, -0.25) is 4.90 Å². The average molecular weight is 343 g/mol. The molecule has 0 saturated carbocycles. The molecule has 0 amide bonds. The molecule has 3 nitrogen and oxygen atoms in total. The predicted molar refractivity (Wildman–Crippen MR) is 98.0 cm³/mol. The fourth-order valence-electron chi connectivity index (χ4n) is 3.32. The van der Waals surface area contributed by atoms with E-state index in [1.165, 1.54) is 17.2 Å². The molecule has 0 atom stereocenters. The molecule has 1 aliphatic rings. The van der Waals surface area contributed by atoms with Gasteiger partial charge in [0.1, 0.15) is 5.75 Å². The second-order valence-corrected chi connectivity index (χ2v) is 6.65. The minimum atomic E-state index is -0.332. The zero-order chi connectivity index (χ0) is 17.6. The molecular formula is C21H26FNO2. The lowest BCUT2D eigenvalue weighted by Gasteiger charge is -2.26. The molecule has 1 aliphatic heterocycles. The number of halogens is 1. The van der Waals surface area contributed by atoms with Crippen LogP contribution in [0.25, 0.3) is 0 Å². The Bertz CT molecular complexity index is 711. The van der Waals surface area contributed by atoms with Crippen molar-refractivity contribution in [1.29, 1.82) is 0 Å². The van der Waals surface area contributed by atoms with Crippen LogP contribution < -0.4 is 4.74 Å². The van der Waals surface area contributed by atoms with Crippen LogP contribution in [0.4, 0.5) is 4.39 Å². The van der Waals surface area contributed by atoms with Crippen LogP contribution in [0.5, 0.6) is 11.5 Å². The van der Waals surface area contributed by atoms with Gasteiger partial charge in [-0.2, -0.15) is 0 Å². The van der Waals surface area contributed by atoms with Gasteiger partial charge in [0.05, 0.1) is 13.2 Å². The van der Waals surface area contributed by atoms with E-state index in [0.29, 0.717) is 0 Å². The van der Waals surface area contributed by atoms with Crippen LogP contribution in [0.15, 0.2) is 36.4 Å². The molecule has 0 aromatic heterocycles. The SMILES string of the molecule is Cc1cc(C)c(CCCN2CCOCC2)c(Oc2ccccc2F)c1. The first-order chi connectivity index (χ1) is 12.1. The van der Waals surface area contributed by atoms with E-state index in [9.17, 15) is 4.39 Å². The molecule has 0 bridgehead atoms. The Balaban J connectivity index is 1.72. The highest BCUT2D eigenvalue weighted by Gasteiger charge is 2.14. The molecule has 0 radical (unpaired) electrons. The lowest BCUT2D eigenvalue weighted by Crippen LogP contribution is -2.36. The zero-order valence-electron chi connectivity index (χ0n) is 15.1. The van der Waals surface area contributed by atoms with Gasteiger partial charge in [0, 0.05) is 13.1 Å². The van der Waals surface area contributed by atoms with Gasteiger partial charge in [-0.05, 0) is 68.1 Å². The summed E-state index contributed by atoms with van der Waals surface area (Å²) in [6.07, 6.45) is 1.98. The van der Waals surface area contributed by atoms with Crippen LogP contribution in [-0.4, -0.2) is 37.7 Å². The Labute approximate surface area is 149 Å². The van der Waals surface area contributed by atoms with Gasteiger partial charge in [0.2, 0.25) is 0 Å². The number of benzene rings is 2. The molecule has 1 heterocycles. The first-order valence-electron chi connectivity index (χ1n) is 8.96. The summed E-state index contributed by atoms with van der Waals surface area (Å²) >= 11 is 0. The van der Waals surface area contributed by atoms with Gasteiger partial charge in [-0.25, -0.2) is 4.39 Å². The average Bonchev–Trinajstić information content (AvgIpc) is 2.60. The Kier molecular flexibility index (Phi) is 6.05. The lowest BCUT2D eigenvalue weighted by atomic mass is 10.00. The minimum absolute atomic E-state index is 0.280. The Morgan fingerprint density at radius 3 is 2.60 bits per heavy atom. The molecule has 0 aliphatic carbocycles. The zero-order valence-corrected chi connectivity index (χ0v) is 15.1. The number of ether oxygens (including phenoxy) is 2. The van der Waals surface area contributed by atoms with E-state index in [4.69, 9.17) is 9.47 Å². The van der Waals surface area contributed by atoms with Crippen LogP contribution in [0.2, 0.25) is 0 Å². The van der Waals surface area contributed by atoms with E-state index >= 15 is 0 Å². The number of para-hydroxylation sites is 1. The summed E-state index contributed by atoms with van der Waals surface area (Å²) < 4.78 is 25.3. The highest BCUT2D eigenvalue weighted by Crippen LogP contribution is 2.31. The maximum atomic E-state index is 14.0. The van der Waals surface area contributed by atoms with Crippen molar-refractivity contribution in [2.75, 3.05) is 32.8 Å². The molecule has 0 N–H and O–H groups in total. The first kappa shape index (κ1) is 17.9. The standard InChI is InChI=1S/C21H26FNO2/c1-16-14-17(2)18(6-5-9-23-10-12-24-13-11-23)21(15-16)25-20-8-4-3-7-19(20)22/h3-4,7-8,14-15H,5-6,9-13H2,1-2H3. The molecular weight excluding hydrogens is 317 g/mol. The molecule has 25 heavy (non-hydrogen) atoms. The first-order valence-corrected chi connectivity index (χ1v) is 8.96. The summed E-state index contributed by atoms with van der Waals surface area (Å²) in [4.78, 5) is 2.43. The number of aryl methyl sites for hydroxylation is 2. The number of hydrogen-bond donors (Lipinski definition) is 0. The van der Waals surface area contributed by atoms with Gasteiger partial charge in [-0.15, -0.1) is 0 Å². The van der Waals surface area contributed by atoms with Gasteiger partial charge in [-0.1, -0.05) is 18.2 Å². The van der Waals surface area contributed by atoms with Crippen molar-refractivity contribution in [3.63, 3.8) is 0 Å². The highest BCUT2D eigenvalue weighted by molar-refractivity contribution is 5.45. The van der Waals surface area contributed by atoms with Crippen molar-refractivity contribution in [3.8, 4) is 11.5 Å². The summed E-state index contributed by atoms with van der Waals surface area (Å²) in [5.74, 6) is 0.715. The van der Waals surface area contributed by atoms with E-state index in [1.807, 2.05) is 13.0 Å². The number of morpholine rings is 1. The summed E-state index contributed by atoms with van der Waals surface area (Å²) in [5.41, 5.74) is 3.50. The molecule has 4 heteroatoms. The third kappa shape index (κ3) is 4.80. The molecule has 2 aromatic rings. The van der Waals surface area contributed by atoms with Crippen molar-refractivity contribution >= 4 is 0 Å². The van der Waals surface area contributed by atoms with Crippen LogP contribution in [0.3, 0.4) is 0 Å².